The number of rotatable bonds is 10. The Labute approximate surface area is 123 Å². The van der Waals surface area contributed by atoms with Crippen LogP contribution in [-0.4, -0.2) is 28.0 Å². The Bertz CT molecular complexity index is 385. The van der Waals surface area contributed by atoms with Crippen LogP contribution in [0, 0.1) is 19.8 Å². The zero-order valence-corrected chi connectivity index (χ0v) is 13.6. The van der Waals surface area contributed by atoms with Gasteiger partial charge in [0.25, 0.3) is 0 Å². The number of hydrogen-bond acceptors (Lipinski definition) is 3. The van der Waals surface area contributed by atoms with E-state index in [1.807, 2.05) is 0 Å². The van der Waals surface area contributed by atoms with Gasteiger partial charge in [0.1, 0.15) is 0 Å². The third kappa shape index (κ3) is 5.63. The molecule has 116 valence electrons. The molecule has 0 saturated heterocycles. The van der Waals surface area contributed by atoms with Crippen molar-refractivity contribution >= 4 is 0 Å². The van der Waals surface area contributed by atoms with E-state index >= 15 is 0 Å². The summed E-state index contributed by atoms with van der Waals surface area (Å²) >= 11 is 0. The minimum Gasteiger partial charge on any atom is -0.396 e. The number of hydrogen-bond donors (Lipinski definition) is 2. The largest absolute Gasteiger partial charge is 0.396 e. The lowest BCUT2D eigenvalue weighted by Gasteiger charge is -2.08. The monoisotopic (exact) mass is 281 g/mol. The highest BCUT2D eigenvalue weighted by atomic mass is 16.2. The number of unbranched alkanes of at least 4 members (excludes halogenated alkanes) is 3. The molecule has 1 rings (SSSR count). The van der Waals surface area contributed by atoms with Gasteiger partial charge in [0.15, 0.2) is 0 Å². The molecule has 0 aliphatic rings. The van der Waals surface area contributed by atoms with Crippen LogP contribution in [0.2, 0.25) is 0 Å². The Morgan fingerprint density at radius 1 is 1.15 bits per heavy atom. The fourth-order valence-corrected chi connectivity index (χ4v) is 2.42. The molecule has 0 aliphatic carbocycles. The smallest absolute Gasteiger partial charge is 0.0641 e. The van der Waals surface area contributed by atoms with E-state index in [2.05, 4.69) is 42.8 Å². The third-order valence-corrected chi connectivity index (χ3v) is 3.66. The highest BCUT2D eigenvalue weighted by Crippen LogP contribution is 2.14. The molecule has 1 aromatic rings. The van der Waals surface area contributed by atoms with Crippen LogP contribution in [0.15, 0.2) is 0 Å². The van der Waals surface area contributed by atoms with Crippen LogP contribution in [0.25, 0.3) is 0 Å². The predicted molar refractivity (Wildman–Crippen MR) is 83.8 cm³/mol. The van der Waals surface area contributed by atoms with Gasteiger partial charge in [0.2, 0.25) is 0 Å². The maximum atomic E-state index is 8.76. The van der Waals surface area contributed by atoms with Gasteiger partial charge in [-0.05, 0) is 39.2 Å². The molecule has 1 heterocycles. The van der Waals surface area contributed by atoms with Gasteiger partial charge in [-0.1, -0.05) is 26.7 Å². The zero-order chi connectivity index (χ0) is 15.0. The Balaban J connectivity index is 2.44. The quantitative estimate of drug-likeness (QED) is 0.648. The molecule has 0 amide bonds. The van der Waals surface area contributed by atoms with Crippen molar-refractivity contribution in [2.45, 2.75) is 66.5 Å². The molecule has 0 saturated carbocycles. The Morgan fingerprint density at radius 3 is 2.50 bits per heavy atom. The van der Waals surface area contributed by atoms with Crippen molar-refractivity contribution in [3.8, 4) is 0 Å². The average Bonchev–Trinajstić information content (AvgIpc) is 2.65. The molecular formula is C16H31N3O. The van der Waals surface area contributed by atoms with Crippen LogP contribution in [0.4, 0.5) is 0 Å². The van der Waals surface area contributed by atoms with Crippen molar-refractivity contribution in [3.63, 3.8) is 0 Å². The molecule has 0 bridgehead atoms. The van der Waals surface area contributed by atoms with Crippen molar-refractivity contribution in [1.29, 1.82) is 0 Å². The molecule has 0 atom stereocenters. The second kappa shape index (κ2) is 9.14. The van der Waals surface area contributed by atoms with E-state index < -0.39 is 0 Å². The van der Waals surface area contributed by atoms with Gasteiger partial charge in [-0.25, -0.2) is 0 Å². The van der Waals surface area contributed by atoms with Crippen LogP contribution in [-0.2, 0) is 13.1 Å². The Kier molecular flexibility index (Phi) is 7.85. The Morgan fingerprint density at radius 2 is 1.85 bits per heavy atom. The van der Waals surface area contributed by atoms with Crippen LogP contribution in [0.1, 0.15) is 56.5 Å². The molecule has 2 N–H and O–H groups in total. The minimum absolute atomic E-state index is 0.311. The first-order chi connectivity index (χ1) is 9.56. The number of aryl methyl sites for hydroxylation is 2. The molecular weight excluding hydrogens is 250 g/mol. The molecule has 0 aromatic carbocycles. The second-order valence-corrected chi connectivity index (χ2v) is 6.04. The topological polar surface area (TPSA) is 50.1 Å². The minimum atomic E-state index is 0.311. The van der Waals surface area contributed by atoms with E-state index in [0.717, 1.165) is 44.6 Å². The number of nitrogens with zero attached hydrogens (tertiary/aromatic N) is 2. The summed E-state index contributed by atoms with van der Waals surface area (Å²) in [6.45, 7) is 12.0. The maximum Gasteiger partial charge on any atom is 0.0641 e. The van der Waals surface area contributed by atoms with Gasteiger partial charge in [-0.3, -0.25) is 4.68 Å². The van der Waals surface area contributed by atoms with Crippen molar-refractivity contribution < 1.29 is 5.11 Å². The SMILES string of the molecule is Cc1nn(CCCCCCO)c(C)c1CNCC(C)C. The van der Waals surface area contributed by atoms with Crippen LogP contribution >= 0.6 is 0 Å². The predicted octanol–water partition coefficient (Wildman–Crippen LogP) is 2.80. The highest BCUT2D eigenvalue weighted by molar-refractivity contribution is 5.24. The first kappa shape index (κ1) is 17.2. The van der Waals surface area contributed by atoms with Gasteiger partial charge < -0.3 is 10.4 Å². The van der Waals surface area contributed by atoms with Crippen molar-refractivity contribution in [3.05, 3.63) is 17.0 Å². The summed E-state index contributed by atoms with van der Waals surface area (Å²) < 4.78 is 2.14. The fraction of sp³-hybridized carbons (Fsp3) is 0.812. The highest BCUT2D eigenvalue weighted by Gasteiger charge is 2.10. The summed E-state index contributed by atoms with van der Waals surface area (Å²) in [5, 5.41) is 16.9. The van der Waals surface area contributed by atoms with Gasteiger partial charge in [0.05, 0.1) is 5.69 Å². The van der Waals surface area contributed by atoms with Crippen LogP contribution < -0.4 is 5.32 Å². The maximum absolute atomic E-state index is 8.76. The molecule has 0 fully saturated rings. The van der Waals surface area contributed by atoms with Gasteiger partial charge >= 0.3 is 0 Å². The van der Waals surface area contributed by atoms with Crippen molar-refractivity contribution in [2.24, 2.45) is 5.92 Å². The number of aromatic nitrogens is 2. The molecule has 0 aliphatic heterocycles. The van der Waals surface area contributed by atoms with E-state index in [1.54, 1.807) is 0 Å². The second-order valence-electron chi connectivity index (χ2n) is 6.04. The normalized spacial score (nSPS) is 11.5. The average molecular weight is 281 g/mol. The fourth-order valence-electron chi connectivity index (χ4n) is 2.42. The van der Waals surface area contributed by atoms with E-state index in [-0.39, 0.29) is 0 Å². The lowest BCUT2D eigenvalue weighted by molar-refractivity contribution is 0.282. The molecule has 4 nitrogen and oxygen atoms in total. The lowest BCUT2D eigenvalue weighted by Crippen LogP contribution is -2.19. The Hall–Kier alpha value is -0.870. The van der Waals surface area contributed by atoms with E-state index in [1.165, 1.54) is 17.7 Å². The molecule has 0 spiro atoms. The summed E-state index contributed by atoms with van der Waals surface area (Å²) in [5.74, 6) is 0.678. The van der Waals surface area contributed by atoms with Gasteiger partial charge in [-0.15, -0.1) is 0 Å². The third-order valence-electron chi connectivity index (χ3n) is 3.66. The first-order valence-corrected chi connectivity index (χ1v) is 7.90. The van der Waals surface area contributed by atoms with Crippen LogP contribution in [0.3, 0.4) is 0 Å². The van der Waals surface area contributed by atoms with Crippen molar-refractivity contribution in [2.75, 3.05) is 13.2 Å². The van der Waals surface area contributed by atoms with E-state index in [0.29, 0.717) is 12.5 Å². The van der Waals surface area contributed by atoms with E-state index in [9.17, 15) is 0 Å². The summed E-state index contributed by atoms with van der Waals surface area (Å²) in [4.78, 5) is 0. The zero-order valence-electron chi connectivity index (χ0n) is 13.6. The van der Waals surface area contributed by atoms with Crippen LogP contribution in [0.5, 0.6) is 0 Å². The summed E-state index contributed by atoms with van der Waals surface area (Å²) in [6, 6.07) is 0. The number of nitrogens with one attached hydrogen (secondary N) is 1. The first-order valence-electron chi connectivity index (χ1n) is 7.90. The summed E-state index contributed by atoms with van der Waals surface area (Å²) in [5.41, 5.74) is 3.79. The van der Waals surface area contributed by atoms with Gasteiger partial charge in [-0.2, -0.15) is 5.10 Å². The number of aliphatic hydroxyl groups excluding tert-OH is 1. The number of aliphatic hydroxyl groups is 1. The lowest BCUT2D eigenvalue weighted by atomic mass is 10.1. The molecule has 1 aromatic heterocycles. The molecule has 0 unspecified atom stereocenters. The van der Waals surface area contributed by atoms with Gasteiger partial charge in [0, 0.05) is 31.0 Å². The summed E-state index contributed by atoms with van der Waals surface area (Å²) in [6.07, 6.45) is 4.33. The molecule has 4 heteroatoms. The standard InChI is InChI=1S/C16H31N3O/c1-13(2)11-17-12-16-14(3)18-19(15(16)4)9-7-5-6-8-10-20/h13,17,20H,5-12H2,1-4H3. The molecule has 0 radical (unpaired) electrons. The summed E-state index contributed by atoms with van der Waals surface area (Å²) in [7, 11) is 0. The molecule has 20 heavy (non-hydrogen) atoms. The van der Waals surface area contributed by atoms with E-state index in [4.69, 9.17) is 5.11 Å². The van der Waals surface area contributed by atoms with Crippen molar-refractivity contribution in [1.82, 2.24) is 15.1 Å².